The van der Waals surface area contributed by atoms with Gasteiger partial charge >= 0.3 is 0 Å². The fourth-order valence-corrected chi connectivity index (χ4v) is 3.12. The highest BCUT2D eigenvalue weighted by Gasteiger charge is 2.05. The van der Waals surface area contributed by atoms with Crippen LogP contribution >= 0.6 is 0 Å². The molecule has 1 unspecified atom stereocenters. The van der Waals surface area contributed by atoms with E-state index in [0.29, 0.717) is 24.6 Å². The molecule has 0 aliphatic carbocycles. The van der Waals surface area contributed by atoms with Crippen molar-refractivity contribution in [1.82, 2.24) is 9.97 Å². The number of carbonyl (C=O) groups is 1. The number of benzene rings is 1. The first kappa shape index (κ1) is 24.6. The molecule has 1 aromatic heterocycles. The molecule has 0 saturated carbocycles. The maximum absolute atomic E-state index is 11.3. The average molecular weight is 421 g/mol. The molecule has 0 amide bonds. The molecule has 31 heavy (non-hydrogen) atoms. The van der Waals surface area contributed by atoms with Gasteiger partial charge < -0.3 is 4.74 Å². The summed E-state index contributed by atoms with van der Waals surface area (Å²) in [7, 11) is 0. The third-order valence-corrected chi connectivity index (χ3v) is 5.37. The van der Waals surface area contributed by atoms with E-state index in [4.69, 9.17) is 4.74 Å². The molecular weight excluding hydrogens is 384 g/mol. The molecule has 0 aliphatic heterocycles. The number of ketones is 1. The molecule has 2 rings (SSSR count). The second-order valence-corrected chi connectivity index (χ2v) is 8.16. The molecule has 0 fully saturated rings. The van der Waals surface area contributed by atoms with Gasteiger partial charge in [-0.25, -0.2) is 9.97 Å². The molecule has 4 heteroatoms. The van der Waals surface area contributed by atoms with Gasteiger partial charge in [0.2, 0.25) is 0 Å². The van der Waals surface area contributed by atoms with E-state index in [1.165, 1.54) is 44.9 Å². The number of carbonyl (C=O) groups excluding carboxylic acids is 1. The normalized spacial score (nSPS) is 11.5. The summed E-state index contributed by atoms with van der Waals surface area (Å²) in [6, 6.07) is 7.84. The zero-order valence-electron chi connectivity index (χ0n) is 19.3. The number of unbranched alkanes of at least 4 members (excludes halogenated alkanes) is 7. The first-order valence-electron chi connectivity index (χ1n) is 11.6. The minimum Gasteiger partial charge on any atom is -0.490 e. The summed E-state index contributed by atoms with van der Waals surface area (Å²) in [4.78, 5) is 20.1. The van der Waals surface area contributed by atoms with E-state index in [1.54, 1.807) is 19.3 Å². The van der Waals surface area contributed by atoms with Crippen LogP contribution in [0.25, 0.3) is 11.4 Å². The number of ether oxygens (including phenoxy) is 1. The molecule has 0 bridgehead atoms. The van der Waals surface area contributed by atoms with E-state index in [-0.39, 0.29) is 11.7 Å². The molecule has 0 radical (unpaired) electrons. The van der Waals surface area contributed by atoms with Gasteiger partial charge in [0.15, 0.2) is 11.6 Å². The van der Waals surface area contributed by atoms with Crippen LogP contribution in [-0.4, -0.2) is 22.4 Å². The minimum atomic E-state index is -0.0172. The van der Waals surface area contributed by atoms with Crippen LogP contribution in [0.2, 0.25) is 0 Å². The van der Waals surface area contributed by atoms with Crippen molar-refractivity contribution in [3.63, 3.8) is 0 Å². The number of nitrogens with zero attached hydrogens (tertiary/aromatic N) is 2. The van der Waals surface area contributed by atoms with E-state index in [2.05, 4.69) is 28.7 Å². The Morgan fingerprint density at radius 3 is 2.19 bits per heavy atom. The second kappa shape index (κ2) is 14.4. The van der Waals surface area contributed by atoms with Crippen molar-refractivity contribution in [3.05, 3.63) is 42.2 Å². The Bertz CT molecular complexity index is 832. The summed E-state index contributed by atoms with van der Waals surface area (Å²) in [5.41, 5.74) is 1.86. The SMILES string of the molecule is CCCCCCCCCCOc1cnc(-c2ccc(C#CCC(C)C(C)=O)cc2)nc1. The lowest BCUT2D eigenvalue weighted by Gasteiger charge is -2.06. The van der Waals surface area contributed by atoms with Crippen LogP contribution in [-0.2, 0) is 4.79 Å². The van der Waals surface area contributed by atoms with Gasteiger partial charge in [0.05, 0.1) is 19.0 Å². The largest absolute Gasteiger partial charge is 0.490 e. The molecule has 2 aromatic rings. The lowest BCUT2D eigenvalue weighted by atomic mass is 10.0. The minimum absolute atomic E-state index is 0.0172. The Morgan fingerprint density at radius 1 is 0.968 bits per heavy atom. The van der Waals surface area contributed by atoms with Crippen LogP contribution in [0.1, 0.15) is 84.1 Å². The zero-order chi connectivity index (χ0) is 22.3. The predicted molar refractivity (Wildman–Crippen MR) is 127 cm³/mol. The van der Waals surface area contributed by atoms with Gasteiger partial charge in [-0.3, -0.25) is 4.79 Å². The Hall–Kier alpha value is -2.67. The van der Waals surface area contributed by atoms with Crippen molar-refractivity contribution in [1.29, 1.82) is 0 Å². The number of hydrogen-bond acceptors (Lipinski definition) is 4. The third kappa shape index (κ3) is 9.79. The standard InChI is InChI=1S/C27H36N2O2/c1-4-5-6-7-8-9-10-11-19-31-26-20-28-27(29-21-26)25-17-15-24(16-18-25)14-12-13-22(2)23(3)30/h15-18,20-22H,4-11,13,19H2,1-3H3. The summed E-state index contributed by atoms with van der Waals surface area (Å²) in [6.07, 6.45) is 14.4. The lowest BCUT2D eigenvalue weighted by molar-refractivity contribution is -0.120. The quantitative estimate of drug-likeness (QED) is 0.269. The van der Waals surface area contributed by atoms with Gasteiger partial charge in [-0.2, -0.15) is 0 Å². The van der Waals surface area contributed by atoms with Crippen molar-refractivity contribution in [2.45, 2.75) is 78.6 Å². The second-order valence-electron chi connectivity index (χ2n) is 8.16. The smallest absolute Gasteiger partial charge is 0.159 e. The van der Waals surface area contributed by atoms with E-state index in [0.717, 1.165) is 17.5 Å². The Kier molecular flexibility index (Phi) is 11.4. The molecule has 0 spiro atoms. The lowest BCUT2D eigenvalue weighted by Crippen LogP contribution is -2.04. The fourth-order valence-electron chi connectivity index (χ4n) is 3.12. The van der Waals surface area contributed by atoms with Gasteiger partial charge in [-0.05, 0) is 37.6 Å². The Balaban J connectivity index is 1.72. The monoisotopic (exact) mass is 420 g/mol. The van der Waals surface area contributed by atoms with Crippen LogP contribution in [0.3, 0.4) is 0 Å². The maximum atomic E-state index is 11.3. The van der Waals surface area contributed by atoms with Gasteiger partial charge in [-0.15, -0.1) is 0 Å². The van der Waals surface area contributed by atoms with Crippen LogP contribution in [0, 0.1) is 17.8 Å². The Labute approximate surface area is 187 Å². The average Bonchev–Trinajstić information content (AvgIpc) is 2.79. The van der Waals surface area contributed by atoms with Crippen molar-refractivity contribution in [2.75, 3.05) is 6.61 Å². The number of rotatable bonds is 13. The summed E-state index contributed by atoms with van der Waals surface area (Å²) in [6.45, 7) is 6.47. The van der Waals surface area contributed by atoms with Crippen molar-refractivity contribution < 1.29 is 9.53 Å². The number of Topliss-reactive ketones (excluding diaryl/α,β-unsaturated/α-hetero) is 1. The number of aromatic nitrogens is 2. The van der Waals surface area contributed by atoms with Gasteiger partial charge in [-0.1, -0.05) is 70.6 Å². The van der Waals surface area contributed by atoms with Crippen molar-refractivity contribution in [2.24, 2.45) is 5.92 Å². The van der Waals surface area contributed by atoms with Crippen LogP contribution < -0.4 is 4.74 Å². The van der Waals surface area contributed by atoms with Crippen LogP contribution in [0.15, 0.2) is 36.7 Å². The molecule has 0 N–H and O–H groups in total. The highest BCUT2D eigenvalue weighted by atomic mass is 16.5. The predicted octanol–water partition coefficient (Wildman–Crippen LogP) is 6.63. The molecule has 1 heterocycles. The highest BCUT2D eigenvalue weighted by molar-refractivity contribution is 5.78. The molecule has 1 atom stereocenters. The van der Waals surface area contributed by atoms with E-state index in [1.807, 2.05) is 31.2 Å². The molecule has 166 valence electrons. The zero-order valence-corrected chi connectivity index (χ0v) is 19.3. The van der Waals surface area contributed by atoms with Crippen molar-refractivity contribution in [3.8, 4) is 29.0 Å². The topological polar surface area (TPSA) is 52.1 Å². The first-order chi connectivity index (χ1) is 15.1. The summed E-state index contributed by atoms with van der Waals surface area (Å²) in [5.74, 6) is 7.72. The molecule has 4 nitrogen and oxygen atoms in total. The summed E-state index contributed by atoms with van der Waals surface area (Å²) >= 11 is 0. The maximum Gasteiger partial charge on any atom is 0.159 e. The number of hydrogen-bond donors (Lipinski definition) is 0. The highest BCUT2D eigenvalue weighted by Crippen LogP contribution is 2.17. The van der Waals surface area contributed by atoms with Gasteiger partial charge in [0, 0.05) is 23.5 Å². The summed E-state index contributed by atoms with van der Waals surface area (Å²) in [5, 5.41) is 0. The van der Waals surface area contributed by atoms with Crippen LogP contribution in [0.5, 0.6) is 5.75 Å². The fraction of sp³-hybridized carbons (Fsp3) is 0.519. The Morgan fingerprint density at radius 2 is 1.58 bits per heavy atom. The summed E-state index contributed by atoms with van der Waals surface area (Å²) < 4.78 is 5.77. The van der Waals surface area contributed by atoms with Gasteiger partial charge in [0.1, 0.15) is 5.78 Å². The molecule has 0 saturated heterocycles. The van der Waals surface area contributed by atoms with E-state index >= 15 is 0 Å². The van der Waals surface area contributed by atoms with E-state index < -0.39 is 0 Å². The van der Waals surface area contributed by atoms with Gasteiger partial charge in [0.25, 0.3) is 0 Å². The first-order valence-corrected chi connectivity index (χ1v) is 11.6. The van der Waals surface area contributed by atoms with E-state index in [9.17, 15) is 4.79 Å². The molecule has 0 aliphatic rings. The van der Waals surface area contributed by atoms with Crippen LogP contribution in [0.4, 0.5) is 0 Å². The van der Waals surface area contributed by atoms with Crippen molar-refractivity contribution >= 4 is 5.78 Å². The molecular formula is C27H36N2O2. The third-order valence-electron chi connectivity index (χ3n) is 5.37. The molecule has 1 aromatic carbocycles.